The number of rotatable bonds is 3. The second-order valence-electron chi connectivity index (χ2n) is 5.27. The van der Waals surface area contributed by atoms with Gasteiger partial charge >= 0.3 is 0 Å². The highest BCUT2D eigenvalue weighted by Crippen LogP contribution is 2.42. The van der Waals surface area contributed by atoms with Crippen molar-refractivity contribution in [2.75, 3.05) is 14.1 Å². The van der Waals surface area contributed by atoms with Crippen LogP contribution in [0.25, 0.3) is 0 Å². The summed E-state index contributed by atoms with van der Waals surface area (Å²) in [6.45, 7) is 1.62. The Labute approximate surface area is 104 Å². The van der Waals surface area contributed by atoms with Crippen LogP contribution >= 0.6 is 0 Å². The van der Waals surface area contributed by atoms with E-state index < -0.39 is 0 Å². The molecule has 92 valence electrons. The number of hydrogen-bond donors (Lipinski definition) is 0. The first-order chi connectivity index (χ1) is 8.06. The highest BCUT2D eigenvalue weighted by atomic mass is 16.1. The molecule has 1 aromatic carbocycles. The van der Waals surface area contributed by atoms with Crippen LogP contribution in [0.1, 0.15) is 48.5 Å². The van der Waals surface area contributed by atoms with Gasteiger partial charge in [0, 0.05) is 11.1 Å². The van der Waals surface area contributed by atoms with Gasteiger partial charge in [-0.15, -0.1) is 0 Å². The lowest BCUT2D eigenvalue weighted by Crippen LogP contribution is -2.38. The molecule has 0 aliphatic heterocycles. The van der Waals surface area contributed by atoms with E-state index in [2.05, 4.69) is 31.1 Å². The lowest BCUT2D eigenvalue weighted by Gasteiger charge is -2.37. The molecule has 0 aromatic heterocycles. The molecule has 0 saturated heterocycles. The SMILES string of the molecule is CC(=O)c1ccc(C2(N(C)C)CCCC2)cc1. The van der Waals surface area contributed by atoms with Gasteiger partial charge in [-0.05, 0) is 39.4 Å². The minimum absolute atomic E-state index is 0.141. The van der Waals surface area contributed by atoms with Crippen molar-refractivity contribution in [3.8, 4) is 0 Å². The van der Waals surface area contributed by atoms with Gasteiger partial charge in [-0.2, -0.15) is 0 Å². The van der Waals surface area contributed by atoms with E-state index in [1.54, 1.807) is 6.92 Å². The van der Waals surface area contributed by atoms with Crippen molar-refractivity contribution < 1.29 is 4.79 Å². The number of hydrogen-bond acceptors (Lipinski definition) is 2. The third kappa shape index (κ3) is 2.14. The Hall–Kier alpha value is -1.15. The summed E-state index contributed by atoms with van der Waals surface area (Å²) in [6, 6.07) is 8.17. The number of ketones is 1. The average molecular weight is 231 g/mol. The van der Waals surface area contributed by atoms with Crippen LogP contribution in [0.15, 0.2) is 24.3 Å². The van der Waals surface area contributed by atoms with E-state index in [-0.39, 0.29) is 11.3 Å². The van der Waals surface area contributed by atoms with Crippen LogP contribution < -0.4 is 0 Å². The number of nitrogens with zero attached hydrogens (tertiary/aromatic N) is 1. The van der Waals surface area contributed by atoms with Crippen LogP contribution in [0.5, 0.6) is 0 Å². The van der Waals surface area contributed by atoms with Gasteiger partial charge in [0.25, 0.3) is 0 Å². The molecule has 1 aliphatic rings. The monoisotopic (exact) mass is 231 g/mol. The number of benzene rings is 1. The zero-order chi connectivity index (χ0) is 12.5. The molecule has 17 heavy (non-hydrogen) atoms. The first-order valence-electron chi connectivity index (χ1n) is 6.35. The maximum absolute atomic E-state index is 11.3. The lowest BCUT2D eigenvalue weighted by molar-refractivity contribution is 0.101. The summed E-state index contributed by atoms with van der Waals surface area (Å²) >= 11 is 0. The standard InChI is InChI=1S/C15H21NO/c1-12(17)13-6-8-14(9-7-13)15(16(2)3)10-4-5-11-15/h6-9H,4-5,10-11H2,1-3H3. The van der Waals surface area contributed by atoms with E-state index in [0.29, 0.717) is 0 Å². The molecular weight excluding hydrogens is 210 g/mol. The molecule has 0 amide bonds. The van der Waals surface area contributed by atoms with Crippen LogP contribution in [-0.2, 0) is 5.54 Å². The molecule has 1 saturated carbocycles. The van der Waals surface area contributed by atoms with E-state index in [0.717, 1.165) is 5.56 Å². The van der Waals surface area contributed by atoms with Crippen molar-refractivity contribution in [2.45, 2.75) is 38.1 Å². The fourth-order valence-electron chi connectivity index (χ4n) is 2.97. The second kappa shape index (κ2) is 4.61. The van der Waals surface area contributed by atoms with E-state index >= 15 is 0 Å². The first-order valence-corrected chi connectivity index (χ1v) is 6.35. The van der Waals surface area contributed by atoms with E-state index in [9.17, 15) is 4.79 Å². The van der Waals surface area contributed by atoms with E-state index in [1.807, 2.05) is 12.1 Å². The largest absolute Gasteiger partial charge is 0.300 e. The minimum Gasteiger partial charge on any atom is -0.300 e. The Bertz CT molecular complexity index is 399. The summed E-state index contributed by atoms with van der Waals surface area (Å²) in [6.07, 6.45) is 5.04. The van der Waals surface area contributed by atoms with Crippen LogP contribution in [-0.4, -0.2) is 24.8 Å². The van der Waals surface area contributed by atoms with Gasteiger partial charge in [-0.25, -0.2) is 0 Å². The van der Waals surface area contributed by atoms with Crippen LogP contribution in [0.4, 0.5) is 0 Å². The van der Waals surface area contributed by atoms with Gasteiger partial charge in [0.1, 0.15) is 0 Å². The van der Waals surface area contributed by atoms with Crippen LogP contribution in [0.2, 0.25) is 0 Å². The predicted molar refractivity (Wildman–Crippen MR) is 70.3 cm³/mol. The predicted octanol–water partition coefficient (Wildman–Crippen LogP) is 3.22. The van der Waals surface area contributed by atoms with Crippen molar-refractivity contribution in [3.63, 3.8) is 0 Å². The minimum atomic E-state index is 0.141. The maximum atomic E-state index is 11.3. The second-order valence-corrected chi connectivity index (χ2v) is 5.27. The molecule has 2 nitrogen and oxygen atoms in total. The molecule has 0 N–H and O–H groups in total. The third-order valence-electron chi connectivity index (χ3n) is 4.12. The Balaban J connectivity index is 2.34. The molecule has 0 radical (unpaired) electrons. The summed E-state index contributed by atoms with van der Waals surface area (Å²) in [4.78, 5) is 13.6. The summed E-state index contributed by atoms with van der Waals surface area (Å²) in [5, 5.41) is 0. The molecule has 2 heteroatoms. The molecule has 0 heterocycles. The first kappa shape index (κ1) is 12.3. The Morgan fingerprint density at radius 2 is 1.65 bits per heavy atom. The molecule has 0 bridgehead atoms. The van der Waals surface area contributed by atoms with Gasteiger partial charge in [0.05, 0.1) is 0 Å². The van der Waals surface area contributed by atoms with Crippen LogP contribution in [0.3, 0.4) is 0 Å². The van der Waals surface area contributed by atoms with Crippen molar-refractivity contribution in [1.82, 2.24) is 4.90 Å². The van der Waals surface area contributed by atoms with Crippen molar-refractivity contribution >= 4 is 5.78 Å². The topological polar surface area (TPSA) is 20.3 Å². The summed E-state index contributed by atoms with van der Waals surface area (Å²) < 4.78 is 0. The van der Waals surface area contributed by atoms with Gasteiger partial charge < -0.3 is 0 Å². The van der Waals surface area contributed by atoms with Gasteiger partial charge in [0.15, 0.2) is 5.78 Å². The zero-order valence-corrected chi connectivity index (χ0v) is 11.0. The maximum Gasteiger partial charge on any atom is 0.159 e. The number of Topliss-reactive ketones (excluding diaryl/α,β-unsaturated/α-hetero) is 1. The van der Waals surface area contributed by atoms with E-state index in [4.69, 9.17) is 0 Å². The summed E-state index contributed by atoms with van der Waals surface area (Å²) in [7, 11) is 4.31. The van der Waals surface area contributed by atoms with Crippen molar-refractivity contribution in [2.24, 2.45) is 0 Å². The molecule has 1 fully saturated rings. The Morgan fingerprint density at radius 3 is 2.06 bits per heavy atom. The fraction of sp³-hybridized carbons (Fsp3) is 0.533. The zero-order valence-electron chi connectivity index (χ0n) is 11.0. The van der Waals surface area contributed by atoms with Crippen molar-refractivity contribution in [1.29, 1.82) is 0 Å². The molecular formula is C15H21NO. The van der Waals surface area contributed by atoms with E-state index in [1.165, 1.54) is 31.2 Å². The molecule has 0 atom stereocenters. The normalized spacial score (nSPS) is 18.6. The van der Waals surface area contributed by atoms with Gasteiger partial charge in [-0.1, -0.05) is 37.1 Å². The van der Waals surface area contributed by atoms with Gasteiger partial charge in [0.2, 0.25) is 0 Å². The molecule has 0 unspecified atom stereocenters. The Morgan fingerprint density at radius 1 is 1.12 bits per heavy atom. The summed E-state index contributed by atoms with van der Waals surface area (Å²) in [5.41, 5.74) is 2.35. The molecule has 0 spiro atoms. The number of carbonyl (C=O) groups is 1. The van der Waals surface area contributed by atoms with Crippen molar-refractivity contribution in [3.05, 3.63) is 35.4 Å². The quantitative estimate of drug-likeness (QED) is 0.744. The third-order valence-corrected chi connectivity index (χ3v) is 4.12. The Kier molecular flexibility index (Phi) is 3.34. The average Bonchev–Trinajstić information content (AvgIpc) is 2.79. The smallest absolute Gasteiger partial charge is 0.159 e. The highest BCUT2D eigenvalue weighted by molar-refractivity contribution is 5.94. The highest BCUT2D eigenvalue weighted by Gasteiger charge is 2.37. The lowest BCUT2D eigenvalue weighted by atomic mass is 9.86. The molecule has 1 aliphatic carbocycles. The number of carbonyl (C=O) groups excluding carboxylic acids is 1. The molecule has 1 aromatic rings. The van der Waals surface area contributed by atoms with Crippen LogP contribution in [0, 0.1) is 0 Å². The summed E-state index contributed by atoms with van der Waals surface area (Å²) in [5.74, 6) is 0.141. The van der Waals surface area contributed by atoms with Gasteiger partial charge in [-0.3, -0.25) is 9.69 Å². The molecule has 2 rings (SSSR count). The fourth-order valence-corrected chi connectivity index (χ4v) is 2.97.